The molecule has 4 rings (SSSR count). The number of rotatable bonds is 5. The lowest BCUT2D eigenvalue weighted by Gasteiger charge is -2.14. The molecular weight excluding hydrogens is 385 g/mol. The fraction of sp³-hybridized carbons (Fsp3) is 0.174. The maximum atomic E-state index is 13.4. The Bertz CT molecular complexity index is 1200. The highest BCUT2D eigenvalue weighted by Crippen LogP contribution is 2.40. The summed E-state index contributed by atoms with van der Waals surface area (Å²) < 4.78 is 25.5. The van der Waals surface area contributed by atoms with Gasteiger partial charge in [0.25, 0.3) is 5.91 Å². The number of furan rings is 1. The SMILES string of the molecule is CNC(=O)c1c(-c2ccc(F)cc2)oc2cc(-c3cncnc3)c(OC(C)C)cc12. The van der Waals surface area contributed by atoms with Gasteiger partial charge in [0.2, 0.25) is 0 Å². The van der Waals surface area contributed by atoms with Gasteiger partial charge in [-0.25, -0.2) is 14.4 Å². The molecule has 7 heteroatoms. The van der Waals surface area contributed by atoms with E-state index < -0.39 is 0 Å². The van der Waals surface area contributed by atoms with Crippen molar-refractivity contribution < 1.29 is 18.3 Å². The van der Waals surface area contributed by atoms with Gasteiger partial charge >= 0.3 is 0 Å². The third-order valence-electron chi connectivity index (χ3n) is 4.58. The highest BCUT2D eigenvalue weighted by atomic mass is 19.1. The first-order valence-corrected chi connectivity index (χ1v) is 9.48. The molecule has 0 aliphatic heterocycles. The number of benzene rings is 2. The zero-order valence-electron chi connectivity index (χ0n) is 16.8. The summed E-state index contributed by atoms with van der Waals surface area (Å²) in [6, 6.07) is 9.42. The summed E-state index contributed by atoms with van der Waals surface area (Å²) >= 11 is 0. The largest absolute Gasteiger partial charge is 0.490 e. The van der Waals surface area contributed by atoms with Crippen LogP contribution >= 0.6 is 0 Å². The molecule has 0 aliphatic carbocycles. The van der Waals surface area contributed by atoms with Gasteiger partial charge in [-0.05, 0) is 50.2 Å². The minimum Gasteiger partial charge on any atom is -0.490 e. The second-order valence-electron chi connectivity index (χ2n) is 7.03. The molecule has 0 fully saturated rings. The Labute approximate surface area is 172 Å². The normalized spacial score (nSPS) is 11.1. The van der Waals surface area contributed by atoms with Crippen molar-refractivity contribution in [3.8, 4) is 28.2 Å². The lowest BCUT2D eigenvalue weighted by Crippen LogP contribution is -2.18. The van der Waals surface area contributed by atoms with Crippen molar-refractivity contribution in [2.75, 3.05) is 7.05 Å². The van der Waals surface area contributed by atoms with Crippen molar-refractivity contribution in [1.29, 1.82) is 0 Å². The zero-order valence-corrected chi connectivity index (χ0v) is 16.8. The van der Waals surface area contributed by atoms with Crippen LogP contribution in [0.3, 0.4) is 0 Å². The van der Waals surface area contributed by atoms with Crippen LogP contribution in [0.4, 0.5) is 4.39 Å². The Morgan fingerprint density at radius 2 is 1.80 bits per heavy atom. The van der Waals surface area contributed by atoms with Gasteiger partial charge in [-0.1, -0.05) is 0 Å². The highest BCUT2D eigenvalue weighted by Gasteiger charge is 2.24. The first kappa shape index (κ1) is 19.6. The Hall–Kier alpha value is -3.74. The zero-order chi connectivity index (χ0) is 21.3. The minimum absolute atomic E-state index is 0.0854. The Balaban J connectivity index is 2.00. The number of nitrogens with one attached hydrogen (secondary N) is 1. The number of hydrogen-bond donors (Lipinski definition) is 1. The maximum absolute atomic E-state index is 13.4. The number of ether oxygens (including phenoxy) is 1. The molecule has 0 aliphatic rings. The molecule has 0 saturated carbocycles. The summed E-state index contributed by atoms with van der Waals surface area (Å²) in [5, 5.41) is 3.26. The Morgan fingerprint density at radius 3 is 2.43 bits per heavy atom. The number of fused-ring (bicyclic) bond motifs is 1. The molecule has 2 aromatic heterocycles. The summed E-state index contributed by atoms with van der Waals surface area (Å²) in [5.74, 6) is 0.278. The lowest BCUT2D eigenvalue weighted by atomic mass is 10.0. The van der Waals surface area contributed by atoms with E-state index in [2.05, 4.69) is 15.3 Å². The number of carbonyl (C=O) groups is 1. The van der Waals surface area contributed by atoms with Gasteiger partial charge < -0.3 is 14.5 Å². The summed E-state index contributed by atoms with van der Waals surface area (Å²) in [4.78, 5) is 20.9. The first-order valence-electron chi connectivity index (χ1n) is 9.48. The van der Waals surface area contributed by atoms with E-state index in [1.54, 1.807) is 37.6 Å². The molecule has 1 N–H and O–H groups in total. The number of amides is 1. The molecule has 0 saturated heterocycles. The van der Waals surface area contributed by atoms with E-state index in [9.17, 15) is 9.18 Å². The Morgan fingerprint density at radius 1 is 1.10 bits per heavy atom. The molecule has 0 unspecified atom stereocenters. The van der Waals surface area contributed by atoms with E-state index in [4.69, 9.17) is 9.15 Å². The molecule has 2 heterocycles. The van der Waals surface area contributed by atoms with Crippen molar-refractivity contribution in [2.45, 2.75) is 20.0 Å². The van der Waals surface area contributed by atoms with Crippen LogP contribution in [-0.4, -0.2) is 29.0 Å². The van der Waals surface area contributed by atoms with Crippen LogP contribution in [0.25, 0.3) is 33.4 Å². The number of aromatic nitrogens is 2. The van der Waals surface area contributed by atoms with Crippen molar-refractivity contribution in [1.82, 2.24) is 15.3 Å². The van der Waals surface area contributed by atoms with Gasteiger partial charge in [0.1, 0.15) is 29.2 Å². The average molecular weight is 405 g/mol. The Kier molecular flexibility index (Phi) is 5.18. The van der Waals surface area contributed by atoms with Crippen molar-refractivity contribution in [2.24, 2.45) is 0 Å². The predicted octanol–water partition coefficient (Wildman–Crippen LogP) is 4.84. The second-order valence-corrected chi connectivity index (χ2v) is 7.03. The van der Waals surface area contributed by atoms with Crippen LogP contribution in [0.2, 0.25) is 0 Å². The number of nitrogens with zero attached hydrogens (tertiary/aromatic N) is 2. The van der Waals surface area contributed by atoms with Gasteiger partial charge in [-0.3, -0.25) is 4.79 Å². The predicted molar refractivity (Wildman–Crippen MR) is 112 cm³/mol. The van der Waals surface area contributed by atoms with Crippen molar-refractivity contribution in [3.05, 3.63) is 66.5 Å². The molecule has 0 spiro atoms. The van der Waals surface area contributed by atoms with Gasteiger partial charge in [0.05, 0.1) is 11.7 Å². The molecule has 2 aromatic carbocycles. The molecule has 4 aromatic rings. The summed E-state index contributed by atoms with van der Waals surface area (Å²) in [6.07, 6.45) is 4.74. The number of hydrogen-bond acceptors (Lipinski definition) is 5. The summed E-state index contributed by atoms with van der Waals surface area (Å²) in [7, 11) is 1.55. The van der Waals surface area contributed by atoms with Gasteiger partial charge in [0, 0.05) is 41.5 Å². The van der Waals surface area contributed by atoms with Crippen LogP contribution in [0.5, 0.6) is 5.75 Å². The fourth-order valence-corrected chi connectivity index (χ4v) is 3.29. The molecule has 30 heavy (non-hydrogen) atoms. The van der Waals surface area contributed by atoms with Gasteiger partial charge in [-0.15, -0.1) is 0 Å². The van der Waals surface area contributed by atoms with Crippen LogP contribution in [-0.2, 0) is 0 Å². The van der Waals surface area contributed by atoms with Crippen LogP contribution in [0.1, 0.15) is 24.2 Å². The van der Waals surface area contributed by atoms with E-state index >= 15 is 0 Å². The van der Waals surface area contributed by atoms with Crippen LogP contribution in [0, 0.1) is 5.82 Å². The molecule has 6 nitrogen and oxygen atoms in total. The van der Waals surface area contributed by atoms with E-state index in [0.29, 0.717) is 33.6 Å². The fourth-order valence-electron chi connectivity index (χ4n) is 3.29. The van der Waals surface area contributed by atoms with E-state index in [1.165, 1.54) is 18.5 Å². The molecule has 1 amide bonds. The average Bonchev–Trinajstić information content (AvgIpc) is 3.11. The highest BCUT2D eigenvalue weighted by molar-refractivity contribution is 6.12. The maximum Gasteiger partial charge on any atom is 0.255 e. The quantitative estimate of drug-likeness (QED) is 0.514. The second kappa shape index (κ2) is 7.94. The van der Waals surface area contributed by atoms with Gasteiger partial charge in [0.15, 0.2) is 0 Å². The first-order chi connectivity index (χ1) is 14.5. The summed E-state index contributed by atoms with van der Waals surface area (Å²) in [5.41, 5.74) is 2.98. The number of halogens is 1. The third-order valence-corrected chi connectivity index (χ3v) is 4.58. The van der Waals surface area contributed by atoms with Crippen LogP contribution < -0.4 is 10.1 Å². The number of carbonyl (C=O) groups excluding carboxylic acids is 1. The molecule has 0 bridgehead atoms. The molecule has 0 atom stereocenters. The smallest absolute Gasteiger partial charge is 0.255 e. The van der Waals surface area contributed by atoms with E-state index in [1.807, 2.05) is 19.9 Å². The molecule has 0 radical (unpaired) electrons. The van der Waals surface area contributed by atoms with Crippen molar-refractivity contribution in [3.63, 3.8) is 0 Å². The van der Waals surface area contributed by atoms with E-state index in [0.717, 1.165) is 11.1 Å². The van der Waals surface area contributed by atoms with E-state index in [-0.39, 0.29) is 17.8 Å². The van der Waals surface area contributed by atoms with Gasteiger partial charge in [-0.2, -0.15) is 0 Å². The topological polar surface area (TPSA) is 77.3 Å². The molecular formula is C23H20FN3O3. The monoisotopic (exact) mass is 405 g/mol. The molecule has 152 valence electrons. The summed E-state index contributed by atoms with van der Waals surface area (Å²) in [6.45, 7) is 3.85. The minimum atomic E-state index is -0.365. The van der Waals surface area contributed by atoms with Crippen molar-refractivity contribution >= 4 is 16.9 Å². The third kappa shape index (κ3) is 3.61. The standard InChI is InChI=1S/C23H20FN3O3/c1-13(2)29-19-9-18-20(8-17(19)15-10-26-12-27-11-15)30-22(21(18)23(28)25-3)14-4-6-16(24)7-5-14/h4-13H,1-3H3,(H,25,28). The lowest BCUT2D eigenvalue weighted by molar-refractivity contribution is 0.0964. The van der Waals surface area contributed by atoms with Crippen LogP contribution in [0.15, 0.2) is 59.5 Å².